The summed E-state index contributed by atoms with van der Waals surface area (Å²) in [4.78, 5) is 13.2. The van der Waals surface area contributed by atoms with E-state index in [0.29, 0.717) is 19.7 Å². The average Bonchev–Trinajstić information content (AvgIpc) is 2.73. The van der Waals surface area contributed by atoms with Crippen LogP contribution >= 0.6 is 11.6 Å². The monoisotopic (exact) mass is 347 g/mol. The summed E-state index contributed by atoms with van der Waals surface area (Å²) in [6.07, 6.45) is 0. The van der Waals surface area contributed by atoms with E-state index in [2.05, 4.69) is 4.90 Å². The molecular weight excluding hydrogens is 330 g/mol. The van der Waals surface area contributed by atoms with Crippen molar-refractivity contribution in [2.24, 2.45) is 0 Å². The Morgan fingerprint density at radius 2 is 2.08 bits per heavy atom. The number of carboxylic acid groups (broad SMARTS) is 1. The molecule has 0 saturated heterocycles. The number of hydrogen-bond acceptors (Lipinski definition) is 4. The number of halogens is 1. The number of ether oxygens (including phenoxy) is 1. The van der Waals surface area contributed by atoms with E-state index in [-0.39, 0.29) is 23.2 Å². The van der Waals surface area contributed by atoms with Gasteiger partial charge in [-0.3, -0.25) is 4.90 Å². The van der Waals surface area contributed by atoms with E-state index in [0.717, 1.165) is 16.9 Å². The van der Waals surface area contributed by atoms with Crippen LogP contribution in [0.25, 0.3) is 0 Å². The van der Waals surface area contributed by atoms with Crippen molar-refractivity contribution >= 4 is 17.6 Å². The molecule has 1 aliphatic heterocycles. The first-order valence-electron chi connectivity index (χ1n) is 7.68. The lowest BCUT2D eigenvalue weighted by Crippen LogP contribution is -2.32. The molecule has 0 radical (unpaired) electrons. The highest BCUT2D eigenvalue weighted by molar-refractivity contribution is 6.33. The zero-order chi connectivity index (χ0) is 17.1. The topological polar surface area (TPSA) is 70.0 Å². The zero-order valence-corrected chi connectivity index (χ0v) is 13.7. The number of rotatable bonds is 4. The number of aliphatic hydroxyl groups is 1. The Kier molecular flexibility index (Phi) is 5.04. The lowest BCUT2D eigenvalue weighted by molar-refractivity contribution is 0.0697. The molecule has 0 aliphatic carbocycles. The van der Waals surface area contributed by atoms with Crippen LogP contribution in [0.3, 0.4) is 0 Å². The van der Waals surface area contributed by atoms with Crippen LogP contribution < -0.4 is 4.74 Å². The Hall–Kier alpha value is -2.08. The van der Waals surface area contributed by atoms with Crippen molar-refractivity contribution in [3.05, 3.63) is 64.2 Å². The summed E-state index contributed by atoms with van der Waals surface area (Å²) in [5, 5.41) is 19.2. The Balaban J connectivity index is 1.86. The Morgan fingerprint density at radius 1 is 1.29 bits per heavy atom. The van der Waals surface area contributed by atoms with E-state index in [1.54, 1.807) is 12.1 Å². The van der Waals surface area contributed by atoms with Crippen molar-refractivity contribution < 1.29 is 19.7 Å². The third-order valence-corrected chi connectivity index (χ3v) is 4.49. The molecule has 0 fully saturated rings. The lowest BCUT2D eigenvalue weighted by atomic mass is 10.0. The molecule has 1 atom stereocenters. The summed E-state index contributed by atoms with van der Waals surface area (Å²) in [5.74, 6) is -0.254. The van der Waals surface area contributed by atoms with Crippen LogP contribution in [0.2, 0.25) is 5.02 Å². The maximum Gasteiger partial charge on any atom is 0.337 e. The minimum Gasteiger partial charge on any atom is -0.492 e. The molecule has 0 spiro atoms. The minimum absolute atomic E-state index is 0.0265. The minimum atomic E-state index is -1.04. The van der Waals surface area contributed by atoms with Crippen molar-refractivity contribution in [1.82, 2.24) is 4.90 Å². The highest BCUT2D eigenvalue weighted by Gasteiger charge is 2.26. The first-order chi connectivity index (χ1) is 11.6. The van der Waals surface area contributed by atoms with Crippen molar-refractivity contribution in [3.63, 3.8) is 0 Å². The molecular formula is C18H18ClNO4. The van der Waals surface area contributed by atoms with Gasteiger partial charge in [0.1, 0.15) is 12.4 Å². The van der Waals surface area contributed by atoms with Gasteiger partial charge in [0.25, 0.3) is 0 Å². The Morgan fingerprint density at radius 3 is 2.79 bits per heavy atom. The molecule has 5 nitrogen and oxygen atoms in total. The van der Waals surface area contributed by atoms with Crippen molar-refractivity contribution in [2.75, 3.05) is 19.8 Å². The molecule has 24 heavy (non-hydrogen) atoms. The Bertz CT molecular complexity index is 750. The molecule has 6 heteroatoms. The number of fused-ring (bicyclic) bond motifs is 1. The van der Waals surface area contributed by atoms with Gasteiger partial charge in [-0.15, -0.1) is 0 Å². The van der Waals surface area contributed by atoms with Gasteiger partial charge in [0.2, 0.25) is 0 Å². The van der Waals surface area contributed by atoms with Gasteiger partial charge in [0.15, 0.2) is 0 Å². The summed E-state index contributed by atoms with van der Waals surface area (Å²) in [7, 11) is 0. The number of aromatic carboxylic acids is 1. The number of carboxylic acids is 1. The van der Waals surface area contributed by atoms with Crippen molar-refractivity contribution in [3.8, 4) is 5.75 Å². The number of hydrogen-bond donors (Lipinski definition) is 2. The Labute approximate surface area is 145 Å². The predicted octanol–water partition coefficient (Wildman–Crippen LogP) is 2.97. The molecule has 1 heterocycles. The van der Waals surface area contributed by atoms with Gasteiger partial charge < -0.3 is 14.9 Å². The molecule has 3 rings (SSSR count). The number of carbonyl (C=O) groups is 1. The zero-order valence-electron chi connectivity index (χ0n) is 13.0. The molecule has 126 valence electrons. The van der Waals surface area contributed by atoms with Gasteiger partial charge in [-0.25, -0.2) is 4.79 Å². The van der Waals surface area contributed by atoms with E-state index in [4.69, 9.17) is 21.4 Å². The third-order valence-electron chi connectivity index (χ3n) is 4.18. The third kappa shape index (κ3) is 3.38. The summed E-state index contributed by atoms with van der Waals surface area (Å²) in [6.45, 7) is 1.69. The van der Waals surface area contributed by atoms with E-state index in [1.807, 2.05) is 24.3 Å². The molecule has 2 aromatic carbocycles. The number of nitrogens with zero attached hydrogens (tertiary/aromatic N) is 1. The number of benzene rings is 2. The van der Waals surface area contributed by atoms with E-state index >= 15 is 0 Å². The number of para-hydroxylation sites is 1. The van der Waals surface area contributed by atoms with E-state index in [1.165, 1.54) is 6.07 Å². The van der Waals surface area contributed by atoms with Crippen LogP contribution in [0.5, 0.6) is 5.75 Å². The van der Waals surface area contributed by atoms with Gasteiger partial charge >= 0.3 is 5.97 Å². The van der Waals surface area contributed by atoms with Gasteiger partial charge in [-0.05, 0) is 23.8 Å². The first-order valence-corrected chi connectivity index (χ1v) is 8.06. The maximum atomic E-state index is 11.1. The molecule has 0 amide bonds. The summed E-state index contributed by atoms with van der Waals surface area (Å²) < 4.78 is 5.77. The fraction of sp³-hybridized carbons (Fsp3) is 0.278. The van der Waals surface area contributed by atoms with Crippen molar-refractivity contribution in [2.45, 2.75) is 12.6 Å². The second kappa shape index (κ2) is 7.21. The standard InChI is InChI=1S/C18H18ClNO4/c19-15-9-12(5-6-13(15)18(22)23)10-20-7-8-24-17-4-2-1-3-14(17)16(20)11-21/h1-6,9,16,21H,7-8,10-11H2,(H,22,23). The second-order valence-electron chi connectivity index (χ2n) is 5.67. The molecule has 0 saturated carbocycles. The highest BCUT2D eigenvalue weighted by atomic mass is 35.5. The second-order valence-corrected chi connectivity index (χ2v) is 6.08. The SMILES string of the molecule is O=C(O)c1ccc(CN2CCOc3ccccc3C2CO)cc1Cl. The van der Waals surface area contributed by atoms with E-state index in [9.17, 15) is 9.90 Å². The normalized spacial score (nSPS) is 17.7. The summed E-state index contributed by atoms with van der Waals surface area (Å²) in [5.41, 5.74) is 1.93. The van der Waals surface area contributed by atoms with Gasteiger partial charge in [0, 0.05) is 18.7 Å². The van der Waals surface area contributed by atoms with Crippen LogP contribution in [-0.2, 0) is 6.54 Å². The van der Waals surface area contributed by atoms with Gasteiger partial charge in [0.05, 0.1) is 23.2 Å². The number of aliphatic hydroxyl groups excluding tert-OH is 1. The largest absolute Gasteiger partial charge is 0.492 e. The first kappa shape index (κ1) is 16.8. The highest BCUT2D eigenvalue weighted by Crippen LogP contribution is 2.32. The maximum absolute atomic E-state index is 11.1. The van der Waals surface area contributed by atoms with Crippen LogP contribution in [-0.4, -0.2) is 40.8 Å². The van der Waals surface area contributed by atoms with Crippen LogP contribution in [0.1, 0.15) is 27.5 Å². The van der Waals surface area contributed by atoms with E-state index < -0.39 is 5.97 Å². The fourth-order valence-electron chi connectivity index (χ4n) is 2.98. The van der Waals surface area contributed by atoms with Gasteiger partial charge in [-0.1, -0.05) is 35.9 Å². The average molecular weight is 348 g/mol. The van der Waals surface area contributed by atoms with Crippen molar-refractivity contribution in [1.29, 1.82) is 0 Å². The smallest absolute Gasteiger partial charge is 0.337 e. The van der Waals surface area contributed by atoms with Crippen LogP contribution in [0.4, 0.5) is 0 Å². The fourth-order valence-corrected chi connectivity index (χ4v) is 3.26. The molecule has 0 bridgehead atoms. The lowest BCUT2D eigenvalue weighted by Gasteiger charge is -2.28. The van der Waals surface area contributed by atoms with Gasteiger partial charge in [-0.2, -0.15) is 0 Å². The molecule has 2 N–H and O–H groups in total. The van der Waals surface area contributed by atoms with Crippen LogP contribution in [0, 0.1) is 0 Å². The van der Waals surface area contributed by atoms with Crippen LogP contribution in [0.15, 0.2) is 42.5 Å². The quantitative estimate of drug-likeness (QED) is 0.889. The summed E-state index contributed by atoms with van der Waals surface area (Å²) in [6, 6.07) is 12.4. The predicted molar refractivity (Wildman–Crippen MR) is 90.6 cm³/mol. The molecule has 1 aliphatic rings. The molecule has 1 unspecified atom stereocenters. The summed E-state index contributed by atoms with van der Waals surface area (Å²) >= 11 is 6.05. The molecule has 0 aromatic heterocycles. The molecule has 2 aromatic rings.